The van der Waals surface area contributed by atoms with Crippen LogP contribution in [0.3, 0.4) is 0 Å². The lowest BCUT2D eigenvalue weighted by Gasteiger charge is -2.50. The molecule has 4 nitrogen and oxygen atoms in total. The number of ether oxygens (including phenoxy) is 2. The molecule has 3 fully saturated rings. The Hall–Kier alpha value is -1.13. The van der Waals surface area contributed by atoms with Crippen molar-refractivity contribution < 1.29 is 9.47 Å². The Kier molecular flexibility index (Phi) is 4.05. The van der Waals surface area contributed by atoms with Gasteiger partial charge in [-0.15, -0.1) is 0 Å². The van der Waals surface area contributed by atoms with Crippen molar-refractivity contribution >= 4 is 0 Å². The van der Waals surface area contributed by atoms with Gasteiger partial charge in [-0.1, -0.05) is 6.07 Å². The van der Waals surface area contributed by atoms with Crippen molar-refractivity contribution in [1.82, 2.24) is 9.88 Å². The Morgan fingerprint density at radius 2 is 2.27 bits per heavy atom. The zero-order valence-corrected chi connectivity index (χ0v) is 13.2. The van der Waals surface area contributed by atoms with Crippen LogP contribution in [0.1, 0.15) is 32.1 Å². The number of aromatic nitrogens is 1. The molecular formula is C18H26N2O2. The molecule has 0 unspecified atom stereocenters. The first-order valence-electron chi connectivity index (χ1n) is 8.72. The molecule has 1 aliphatic carbocycles. The van der Waals surface area contributed by atoms with Crippen molar-refractivity contribution in [3.8, 4) is 5.88 Å². The third kappa shape index (κ3) is 3.13. The van der Waals surface area contributed by atoms with Gasteiger partial charge in [0.05, 0.1) is 12.7 Å². The predicted octanol–water partition coefficient (Wildman–Crippen LogP) is 2.74. The Balaban J connectivity index is 1.45. The van der Waals surface area contributed by atoms with Crippen LogP contribution in [0.15, 0.2) is 24.4 Å². The third-order valence-corrected chi connectivity index (χ3v) is 5.43. The summed E-state index contributed by atoms with van der Waals surface area (Å²) in [5.74, 6) is 1.69. The van der Waals surface area contributed by atoms with Crippen LogP contribution in [0.2, 0.25) is 0 Å². The molecule has 1 saturated carbocycles. The molecule has 1 aromatic rings. The number of piperidine rings is 1. The number of hydrogen-bond donors (Lipinski definition) is 0. The number of fused-ring (bicyclic) bond motifs is 1. The fraction of sp³-hybridized carbons (Fsp3) is 0.722. The molecule has 0 aromatic carbocycles. The second-order valence-corrected chi connectivity index (χ2v) is 7.25. The Morgan fingerprint density at radius 3 is 3.09 bits per heavy atom. The quantitative estimate of drug-likeness (QED) is 0.837. The van der Waals surface area contributed by atoms with E-state index in [1.807, 2.05) is 18.2 Å². The van der Waals surface area contributed by atoms with Crippen molar-refractivity contribution in [2.24, 2.45) is 11.3 Å². The topological polar surface area (TPSA) is 34.6 Å². The molecule has 0 N–H and O–H groups in total. The van der Waals surface area contributed by atoms with Crippen LogP contribution < -0.4 is 4.74 Å². The molecule has 120 valence electrons. The van der Waals surface area contributed by atoms with Crippen molar-refractivity contribution in [3.05, 3.63) is 24.4 Å². The largest absolute Gasteiger partial charge is 0.477 e. The zero-order chi connectivity index (χ0) is 14.8. The van der Waals surface area contributed by atoms with Gasteiger partial charge in [0.15, 0.2) is 0 Å². The lowest BCUT2D eigenvalue weighted by atomic mass is 9.73. The van der Waals surface area contributed by atoms with Crippen molar-refractivity contribution in [1.29, 1.82) is 0 Å². The molecule has 22 heavy (non-hydrogen) atoms. The van der Waals surface area contributed by atoms with E-state index in [0.29, 0.717) is 6.10 Å². The Bertz CT molecular complexity index is 491. The maximum absolute atomic E-state index is 6.12. The van der Waals surface area contributed by atoms with E-state index in [4.69, 9.17) is 9.47 Å². The molecule has 1 aromatic heterocycles. The van der Waals surface area contributed by atoms with Crippen LogP contribution >= 0.6 is 0 Å². The van der Waals surface area contributed by atoms with Crippen LogP contribution in [0.5, 0.6) is 5.88 Å². The summed E-state index contributed by atoms with van der Waals surface area (Å²) >= 11 is 0. The SMILES string of the molecule is c1ccc(OC[C@]23CCCO[C@@H]2CCN(CC2CC2)C3)nc1. The van der Waals surface area contributed by atoms with E-state index in [1.165, 1.54) is 32.4 Å². The lowest BCUT2D eigenvalue weighted by molar-refractivity contribution is -0.140. The maximum atomic E-state index is 6.12. The summed E-state index contributed by atoms with van der Waals surface area (Å²) in [5, 5.41) is 0. The monoisotopic (exact) mass is 302 g/mol. The molecule has 3 heterocycles. The van der Waals surface area contributed by atoms with Gasteiger partial charge in [-0.05, 0) is 44.1 Å². The van der Waals surface area contributed by atoms with Gasteiger partial charge >= 0.3 is 0 Å². The first kappa shape index (κ1) is 14.5. The average molecular weight is 302 g/mol. The van der Waals surface area contributed by atoms with E-state index in [2.05, 4.69) is 9.88 Å². The molecule has 0 bridgehead atoms. The highest BCUT2D eigenvalue weighted by Gasteiger charge is 2.47. The summed E-state index contributed by atoms with van der Waals surface area (Å²) < 4.78 is 12.2. The third-order valence-electron chi connectivity index (χ3n) is 5.43. The second kappa shape index (κ2) is 6.17. The summed E-state index contributed by atoms with van der Waals surface area (Å²) in [5.41, 5.74) is 0.156. The van der Waals surface area contributed by atoms with Gasteiger partial charge in [0, 0.05) is 43.9 Å². The minimum absolute atomic E-state index is 0.156. The normalized spacial score (nSPS) is 32.5. The molecule has 0 spiro atoms. The first-order chi connectivity index (χ1) is 10.8. The van der Waals surface area contributed by atoms with E-state index in [-0.39, 0.29) is 5.41 Å². The standard InChI is InChI=1S/C18H26N2O2/c1-2-9-19-17(4-1)22-14-18-8-3-11-21-16(18)7-10-20(13-18)12-15-5-6-15/h1-2,4,9,15-16H,3,5-8,10-14H2/t16-,18-/m1/s1. The average Bonchev–Trinajstić information content (AvgIpc) is 3.38. The summed E-state index contributed by atoms with van der Waals surface area (Å²) in [4.78, 5) is 6.96. The van der Waals surface area contributed by atoms with Gasteiger partial charge in [0.2, 0.25) is 5.88 Å². The minimum Gasteiger partial charge on any atom is -0.477 e. The molecule has 0 amide bonds. The fourth-order valence-electron chi connectivity index (χ4n) is 4.06. The van der Waals surface area contributed by atoms with E-state index >= 15 is 0 Å². The van der Waals surface area contributed by atoms with E-state index in [1.54, 1.807) is 6.20 Å². The summed E-state index contributed by atoms with van der Waals surface area (Å²) in [6.45, 7) is 5.24. The number of rotatable bonds is 5. The van der Waals surface area contributed by atoms with Crippen molar-refractivity contribution in [2.75, 3.05) is 32.8 Å². The number of likely N-dealkylation sites (tertiary alicyclic amines) is 1. The smallest absolute Gasteiger partial charge is 0.213 e. The molecular weight excluding hydrogens is 276 g/mol. The van der Waals surface area contributed by atoms with Gasteiger partial charge in [-0.3, -0.25) is 0 Å². The second-order valence-electron chi connectivity index (χ2n) is 7.25. The molecule has 2 saturated heterocycles. The van der Waals surface area contributed by atoms with Gasteiger partial charge in [0.1, 0.15) is 0 Å². The minimum atomic E-state index is 0.156. The summed E-state index contributed by atoms with van der Waals surface area (Å²) in [7, 11) is 0. The fourth-order valence-corrected chi connectivity index (χ4v) is 4.06. The molecule has 4 rings (SSSR count). The van der Waals surface area contributed by atoms with Crippen LogP contribution in [-0.2, 0) is 4.74 Å². The summed E-state index contributed by atoms with van der Waals surface area (Å²) in [6, 6.07) is 5.85. The van der Waals surface area contributed by atoms with Gasteiger partial charge < -0.3 is 14.4 Å². The predicted molar refractivity (Wildman–Crippen MR) is 84.9 cm³/mol. The van der Waals surface area contributed by atoms with Gasteiger partial charge in [-0.2, -0.15) is 0 Å². The van der Waals surface area contributed by atoms with Crippen LogP contribution in [0.4, 0.5) is 0 Å². The van der Waals surface area contributed by atoms with Gasteiger partial charge in [-0.25, -0.2) is 4.98 Å². The Labute approximate surface area is 132 Å². The van der Waals surface area contributed by atoms with Gasteiger partial charge in [0.25, 0.3) is 0 Å². The number of hydrogen-bond acceptors (Lipinski definition) is 4. The highest BCUT2D eigenvalue weighted by Crippen LogP contribution is 2.41. The molecule has 2 atom stereocenters. The summed E-state index contributed by atoms with van der Waals surface area (Å²) in [6.07, 6.45) is 8.52. The molecule has 4 heteroatoms. The molecule has 2 aliphatic heterocycles. The molecule has 3 aliphatic rings. The van der Waals surface area contributed by atoms with E-state index in [9.17, 15) is 0 Å². The van der Waals surface area contributed by atoms with E-state index < -0.39 is 0 Å². The lowest BCUT2D eigenvalue weighted by Crippen LogP contribution is -2.57. The van der Waals surface area contributed by atoms with Crippen LogP contribution in [0, 0.1) is 11.3 Å². The van der Waals surface area contributed by atoms with Crippen molar-refractivity contribution in [2.45, 2.75) is 38.2 Å². The first-order valence-corrected chi connectivity index (χ1v) is 8.72. The highest BCUT2D eigenvalue weighted by molar-refractivity contribution is 5.10. The maximum Gasteiger partial charge on any atom is 0.213 e. The van der Waals surface area contributed by atoms with Crippen LogP contribution in [-0.4, -0.2) is 48.8 Å². The van der Waals surface area contributed by atoms with E-state index in [0.717, 1.165) is 44.4 Å². The van der Waals surface area contributed by atoms with Crippen molar-refractivity contribution in [3.63, 3.8) is 0 Å². The molecule has 0 radical (unpaired) electrons. The highest BCUT2D eigenvalue weighted by atomic mass is 16.5. The zero-order valence-electron chi connectivity index (χ0n) is 13.2. The number of nitrogens with zero attached hydrogens (tertiary/aromatic N) is 2. The van der Waals surface area contributed by atoms with Crippen LogP contribution in [0.25, 0.3) is 0 Å². The Morgan fingerprint density at radius 1 is 1.32 bits per heavy atom. The number of pyridine rings is 1.